The van der Waals surface area contributed by atoms with E-state index in [9.17, 15) is 14.4 Å². The van der Waals surface area contributed by atoms with E-state index >= 15 is 0 Å². The van der Waals surface area contributed by atoms with Gasteiger partial charge in [0.15, 0.2) is 0 Å². The molecule has 0 radical (unpaired) electrons. The number of rotatable bonds is 7. The lowest BCUT2D eigenvalue weighted by Crippen LogP contribution is -2.50. The first-order valence-electron chi connectivity index (χ1n) is 11.1. The number of benzene rings is 2. The van der Waals surface area contributed by atoms with Crippen molar-refractivity contribution in [3.05, 3.63) is 66.2 Å². The smallest absolute Gasteiger partial charge is 0.329 e. The molecule has 1 N–H and O–H groups in total. The van der Waals surface area contributed by atoms with E-state index in [0.717, 1.165) is 24.5 Å². The summed E-state index contributed by atoms with van der Waals surface area (Å²) in [7, 11) is 1.55. The molecule has 0 saturated carbocycles. The molecule has 172 valence electrons. The summed E-state index contributed by atoms with van der Waals surface area (Å²) in [6.45, 7) is 3.58. The van der Waals surface area contributed by atoms with Crippen LogP contribution in [0.4, 0.5) is 10.5 Å². The third kappa shape index (κ3) is 5.40. The topological polar surface area (TPSA) is 82.2 Å². The van der Waals surface area contributed by atoms with Crippen LogP contribution in [0.5, 0.6) is 5.75 Å². The molecular weight excluding hydrogens is 420 g/mol. The van der Waals surface area contributed by atoms with Crippen LogP contribution >= 0.6 is 0 Å². The highest BCUT2D eigenvalue weighted by Crippen LogP contribution is 2.23. The molecule has 0 bridgehead atoms. The highest BCUT2D eigenvalue weighted by atomic mass is 16.5. The van der Waals surface area contributed by atoms with E-state index < -0.39 is 18.0 Å². The number of anilines is 1. The second-order valence-electron chi connectivity index (χ2n) is 8.07. The second-order valence-corrected chi connectivity index (χ2v) is 8.07. The first-order valence-corrected chi connectivity index (χ1v) is 11.1. The molecule has 2 aromatic rings. The van der Waals surface area contributed by atoms with Gasteiger partial charge in [0.25, 0.3) is 5.91 Å². The molecule has 2 aliphatic rings. The zero-order chi connectivity index (χ0) is 23.2. The molecule has 8 nitrogen and oxygen atoms in total. The number of hydrogen-bond donors (Lipinski definition) is 1. The van der Waals surface area contributed by atoms with Crippen LogP contribution in [-0.4, -0.2) is 73.5 Å². The number of piperazine rings is 1. The molecule has 2 heterocycles. The number of methoxy groups -OCH3 is 1. The van der Waals surface area contributed by atoms with Gasteiger partial charge in [-0.05, 0) is 29.8 Å². The SMILES string of the molecule is COc1ccc(N2C(=O)NC(CC(=O)N3CCN(CC=Cc4ccccc4)CC3)C2=O)cc1. The van der Waals surface area contributed by atoms with Crippen LogP contribution in [0.3, 0.4) is 0 Å². The van der Waals surface area contributed by atoms with Gasteiger partial charge in [-0.2, -0.15) is 0 Å². The lowest BCUT2D eigenvalue weighted by Gasteiger charge is -2.34. The molecular formula is C25H28N4O4. The highest BCUT2D eigenvalue weighted by Gasteiger charge is 2.40. The van der Waals surface area contributed by atoms with E-state index in [4.69, 9.17) is 4.74 Å². The van der Waals surface area contributed by atoms with Crippen molar-refractivity contribution in [2.75, 3.05) is 44.7 Å². The molecule has 2 fully saturated rings. The first-order chi connectivity index (χ1) is 16.0. The van der Waals surface area contributed by atoms with Crippen LogP contribution in [0.1, 0.15) is 12.0 Å². The zero-order valence-electron chi connectivity index (χ0n) is 18.6. The van der Waals surface area contributed by atoms with Crippen molar-refractivity contribution < 1.29 is 19.1 Å². The fraction of sp³-hybridized carbons (Fsp3) is 0.320. The predicted molar refractivity (Wildman–Crippen MR) is 126 cm³/mol. The Hall–Kier alpha value is -3.65. The number of imide groups is 1. The number of carbonyl (C=O) groups is 3. The Kier molecular flexibility index (Phi) is 7.04. The van der Waals surface area contributed by atoms with E-state index in [0.29, 0.717) is 24.5 Å². The summed E-state index contributed by atoms with van der Waals surface area (Å²) in [6.07, 6.45) is 4.19. The Labute approximate surface area is 193 Å². The molecule has 8 heteroatoms. The lowest BCUT2D eigenvalue weighted by molar-refractivity contribution is -0.135. The summed E-state index contributed by atoms with van der Waals surface area (Å²) in [6, 6.07) is 15.4. The predicted octanol–water partition coefficient (Wildman–Crippen LogP) is 2.37. The summed E-state index contributed by atoms with van der Waals surface area (Å²) in [5.74, 6) is 0.0974. The van der Waals surface area contributed by atoms with Crippen molar-refractivity contribution in [2.24, 2.45) is 0 Å². The van der Waals surface area contributed by atoms with E-state index in [-0.39, 0.29) is 12.3 Å². The van der Waals surface area contributed by atoms with Crippen LogP contribution < -0.4 is 15.0 Å². The van der Waals surface area contributed by atoms with Gasteiger partial charge in [-0.3, -0.25) is 14.5 Å². The summed E-state index contributed by atoms with van der Waals surface area (Å²) in [5.41, 5.74) is 1.61. The molecule has 2 saturated heterocycles. The van der Waals surface area contributed by atoms with Gasteiger partial charge in [0.05, 0.1) is 19.2 Å². The fourth-order valence-corrected chi connectivity index (χ4v) is 4.03. The van der Waals surface area contributed by atoms with Crippen molar-refractivity contribution in [3.63, 3.8) is 0 Å². The summed E-state index contributed by atoms with van der Waals surface area (Å²) >= 11 is 0. The van der Waals surface area contributed by atoms with E-state index in [1.807, 2.05) is 18.2 Å². The van der Waals surface area contributed by atoms with Crippen molar-refractivity contribution in [1.82, 2.24) is 15.1 Å². The quantitative estimate of drug-likeness (QED) is 0.658. The van der Waals surface area contributed by atoms with E-state index in [1.54, 1.807) is 36.3 Å². The normalized spacial score (nSPS) is 19.2. The minimum atomic E-state index is -0.848. The van der Waals surface area contributed by atoms with Gasteiger partial charge in [-0.15, -0.1) is 0 Å². The average molecular weight is 449 g/mol. The Morgan fingerprint density at radius 1 is 1.03 bits per heavy atom. The molecule has 1 unspecified atom stereocenters. The zero-order valence-corrected chi connectivity index (χ0v) is 18.6. The van der Waals surface area contributed by atoms with Gasteiger partial charge in [-0.25, -0.2) is 9.69 Å². The largest absolute Gasteiger partial charge is 0.497 e. The van der Waals surface area contributed by atoms with Crippen molar-refractivity contribution in [1.29, 1.82) is 0 Å². The number of carbonyl (C=O) groups excluding carboxylic acids is 3. The Morgan fingerprint density at radius 2 is 1.73 bits per heavy atom. The standard InChI is InChI=1S/C25H28N4O4/c1-33-21-11-9-20(10-12-21)29-24(31)22(26-25(29)32)18-23(30)28-16-14-27(15-17-28)13-5-8-19-6-3-2-4-7-19/h2-12,22H,13-18H2,1H3,(H,26,32). The number of ether oxygens (including phenoxy) is 1. The molecule has 0 aliphatic carbocycles. The molecule has 33 heavy (non-hydrogen) atoms. The van der Waals surface area contributed by atoms with Gasteiger partial charge in [0.1, 0.15) is 11.8 Å². The Morgan fingerprint density at radius 3 is 2.39 bits per heavy atom. The lowest BCUT2D eigenvalue weighted by atomic mass is 10.1. The third-order valence-electron chi connectivity index (χ3n) is 5.93. The van der Waals surface area contributed by atoms with Gasteiger partial charge in [-0.1, -0.05) is 42.5 Å². The maximum absolute atomic E-state index is 12.8. The Bertz CT molecular complexity index is 1010. The van der Waals surface area contributed by atoms with Gasteiger partial charge >= 0.3 is 6.03 Å². The Balaban J connectivity index is 1.26. The number of amides is 4. The highest BCUT2D eigenvalue weighted by molar-refractivity contribution is 6.22. The van der Waals surface area contributed by atoms with Crippen molar-refractivity contribution in [3.8, 4) is 5.75 Å². The van der Waals surface area contributed by atoms with Crippen LogP contribution in [0.2, 0.25) is 0 Å². The van der Waals surface area contributed by atoms with E-state index in [1.165, 1.54) is 5.56 Å². The van der Waals surface area contributed by atoms with Crippen LogP contribution in [0, 0.1) is 0 Å². The summed E-state index contributed by atoms with van der Waals surface area (Å²) < 4.78 is 5.11. The molecule has 2 aliphatic heterocycles. The first kappa shape index (κ1) is 22.5. The van der Waals surface area contributed by atoms with E-state index in [2.05, 4.69) is 34.5 Å². The summed E-state index contributed by atoms with van der Waals surface area (Å²) in [4.78, 5) is 43.1. The van der Waals surface area contributed by atoms with Gasteiger partial charge in [0, 0.05) is 32.7 Å². The van der Waals surface area contributed by atoms with Crippen LogP contribution in [0.15, 0.2) is 60.7 Å². The molecule has 4 amide bonds. The molecule has 0 spiro atoms. The number of nitrogens with zero attached hydrogens (tertiary/aromatic N) is 3. The number of nitrogens with one attached hydrogen (secondary N) is 1. The van der Waals surface area contributed by atoms with Crippen molar-refractivity contribution >= 4 is 29.6 Å². The molecule has 2 aromatic carbocycles. The van der Waals surface area contributed by atoms with Crippen LogP contribution in [0.25, 0.3) is 6.08 Å². The molecule has 1 atom stereocenters. The number of hydrogen-bond acceptors (Lipinski definition) is 5. The van der Waals surface area contributed by atoms with Crippen LogP contribution in [-0.2, 0) is 9.59 Å². The number of urea groups is 1. The maximum atomic E-state index is 12.8. The average Bonchev–Trinajstić information content (AvgIpc) is 3.12. The monoisotopic (exact) mass is 448 g/mol. The molecule has 4 rings (SSSR count). The fourth-order valence-electron chi connectivity index (χ4n) is 4.03. The summed E-state index contributed by atoms with van der Waals surface area (Å²) in [5, 5.41) is 2.64. The van der Waals surface area contributed by atoms with Gasteiger partial charge < -0.3 is 15.0 Å². The second kappa shape index (κ2) is 10.3. The van der Waals surface area contributed by atoms with Gasteiger partial charge in [0.2, 0.25) is 5.91 Å². The minimum Gasteiger partial charge on any atom is -0.497 e. The third-order valence-corrected chi connectivity index (χ3v) is 5.93. The van der Waals surface area contributed by atoms with Crippen molar-refractivity contribution in [2.45, 2.75) is 12.5 Å². The maximum Gasteiger partial charge on any atom is 0.329 e. The molecule has 0 aromatic heterocycles. The minimum absolute atomic E-state index is 0.0366.